The maximum absolute atomic E-state index is 12.7. The Hall–Kier alpha value is -3.70. The van der Waals surface area contributed by atoms with Gasteiger partial charge in [-0.3, -0.25) is 14.9 Å². The van der Waals surface area contributed by atoms with E-state index in [4.69, 9.17) is 4.74 Å². The Kier molecular flexibility index (Phi) is 7.51. The Labute approximate surface area is 172 Å². The van der Waals surface area contributed by atoms with Gasteiger partial charge in [-0.1, -0.05) is 12.1 Å². The van der Waals surface area contributed by atoms with E-state index in [9.17, 15) is 36.9 Å². The normalized spacial score (nSPS) is 11.6. The van der Waals surface area contributed by atoms with E-state index in [1.807, 2.05) is 0 Å². The van der Waals surface area contributed by atoms with Crippen molar-refractivity contribution in [2.45, 2.75) is 19.3 Å². The highest BCUT2D eigenvalue weighted by atomic mass is 19.4. The number of hydrogen-bond donors (Lipinski definition) is 1. The molecule has 0 aliphatic carbocycles. The van der Waals surface area contributed by atoms with Crippen molar-refractivity contribution in [1.82, 2.24) is 5.32 Å². The lowest BCUT2D eigenvalue weighted by Crippen LogP contribution is -2.20. The van der Waals surface area contributed by atoms with Gasteiger partial charge in [-0.2, -0.15) is 22.0 Å². The first-order chi connectivity index (χ1) is 14.5. The average molecular weight is 446 g/mol. The number of benzene rings is 2. The second kappa shape index (κ2) is 9.87. The summed E-state index contributed by atoms with van der Waals surface area (Å²) in [7, 11) is 1.13. The molecule has 0 saturated heterocycles. The summed E-state index contributed by atoms with van der Waals surface area (Å²) in [6, 6.07) is 6.10. The molecule has 0 atom stereocenters. The number of methoxy groups -OCH3 is 1. The first kappa shape index (κ1) is 23.6. The van der Waals surface area contributed by atoms with Crippen LogP contribution >= 0.6 is 0 Å². The zero-order chi connectivity index (χ0) is 23.2. The van der Waals surface area contributed by atoms with Crippen LogP contribution in [0.1, 0.15) is 16.7 Å². The van der Waals surface area contributed by atoms with Crippen LogP contribution in [0.4, 0.5) is 27.6 Å². The fourth-order valence-corrected chi connectivity index (χ4v) is 2.48. The molecule has 2 aromatic rings. The summed E-state index contributed by atoms with van der Waals surface area (Å²) in [5.74, 6) is -1.54. The van der Waals surface area contributed by atoms with Crippen molar-refractivity contribution in [2.75, 3.05) is 7.11 Å². The number of nitro groups is 1. The van der Waals surface area contributed by atoms with Crippen molar-refractivity contribution in [3.8, 4) is 11.5 Å². The smallest absolute Gasteiger partial charge is 0.416 e. The molecule has 0 aliphatic rings. The van der Waals surface area contributed by atoms with Gasteiger partial charge in [0.25, 0.3) is 5.69 Å². The van der Waals surface area contributed by atoms with Crippen LogP contribution in [0.5, 0.6) is 11.5 Å². The van der Waals surface area contributed by atoms with Crippen LogP contribution < -0.4 is 14.8 Å². The third kappa shape index (κ3) is 6.66. The van der Waals surface area contributed by atoms with Crippen molar-refractivity contribution < 1.29 is 41.1 Å². The molecule has 0 unspecified atom stereocenters. The summed E-state index contributed by atoms with van der Waals surface area (Å²) in [4.78, 5) is 22.3. The van der Waals surface area contributed by atoms with Gasteiger partial charge in [-0.25, -0.2) is 0 Å². The fraction of sp³-hybridized carbons (Fsp3) is 0.211. The maximum Gasteiger partial charge on any atom is 0.416 e. The van der Waals surface area contributed by atoms with Crippen LogP contribution in [0.2, 0.25) is 0 Å². The zero-order valence-electron chi connectivity index (χ0n) is 15.8. The van der Waals surface area contributed by atoms with E-state index >= 15 is 0 Å². The number of carbonyl (C=O) groups is 1. The number of carbonyl (C=O) groups excluding carboxylic acids is 1. The van der Waals surface area contributed by atoms with Crippen LogP contribution in [-0.2, 0) is 17.5 Å². The molecule has 0 bridgehead atoms. The van der Waals surface area contributed by atoms with Crippen molar-refractivity contribution in [1.29, 1.82) is 0 Å². The fourth-order valence-electron chi connectivity index (χ4n) is 2.48. The summed E-state index contributed by atoms with van der Waals surface area (Å²) < 4.78 is 72.1. The molecular weight excluding hydrogens is 431 g/mol. The summed E-state index contributed by atoms with van der Waals surface area (Å²) in [6.07, 6.45) is -2.59. The maximum atomic E-state index is 12.7. The Morgan fingerprint density at radius 3 is 2.52 bits per heavy atom. The second-order valence-electron chi connectivity index (χ2n) is 5.95. The molecule has 0 radical (unpaired) electrons. The summed E-state index contributed by atoms with van der Waals surface area (Å²) >= 11 is 0. The summed E-state index contributed by atoms with van der Waals surface area (Å²) in [5.41, 5.74) is -1.45. The van der Waals surface area contributed by atoms with Crippen LogP contribution in [-0.4, -0.2) is 24.6 Å². The molecule has 0 fully saturated rings. The molecule has 0 heterocycles. The van der Waals surface area contributed by atoms with E-state index in [-0.39, 0.29) is 23.4 Å². The Bertz CT molecular complexity index is 992. The van der Waals surface area contributed by atoms with Gasteiger partial charge in [0, 0.05) is 12.6 Å². The van der Waals surface area contributed by atoms with Crippen molar-refractivity contribution in [3.05, 3.63) is 69.3 Å². The van der Waals surface area contributed by atoms with Crippen LogP contribution in [0.3, 0.4) is 0 Å². The highest BCUT2D eigenvalue weighted by Crippen LogP contribution is 2.36. The van der Waals surface area contributed by atoms with E-state index in [0.717, 1.165) is 43.5 Å². The van der Waals surface area contributed by atoms with E-state index in [2.05, 4.69) is 10.1 Å². The minimum absolute atomic E-state index is 0.141. The number of rotatable bonds is 8. The predicted octanol–water partition coefficient (Wildman–Crippen LogP) is 4.55. The first-order valence-electron chi connectivity index (χ1n) is 8.44. The van der Waals surface area contributed by atoms with E-state index in [0.29, 0.717) is 0 Å². The highest BCUT2D eigenvalue weighted by Gasteiger charge is 2.30. The number of nitrogens with zero attached hydrogens (tertiary/aromatic N) is 1. The monoisotopic (exact) mass is 446 g/mol. The number of amides is 1. The number of ether oxygens (including phenoxy) is 2. The van der Waals surface area contributed by atoms with Gasteiger partial charge >= 0.3 is 12.8 Å². The van der Waals surface area contributed by atoms with Gasteiger partial charge in [-0.05, 0) is 29.8 Å². The quantitative estimate of drug-likeness (QED) is 0.278. The van der Waals surface area contributed by atoms with Gasteiger partial charge in [-0.15, -0.1) is 0 Å². The molecule has 31 heavy (non-hydrogen) atoms. The highest BCUT2D eigenvalue weighted by molar-refractivity contribution is 5.92. The SMILES string of the molecule is COc1cc(/C=C/C(=O)NCc2cccc(C(F)(F)F)c2)c([N+](=O)[O-])cc1OC(F)F. The third-order valence-corrected chi connectivity index (χ3v) is 3.86. The Balaban J connectivity index is 2.17. The van der Waals surface area contributed by atoms with Crippen molar-refractivity contribution in [2.24, 2.45) is 0 Å². The molecule has 7 nitrogen and oxygen atoms in total. The molecule has 0 aromatic heterocycles. The average Bonchev–Trinajstić information content (AvgIpc) is 2.70. The Morgan fingerprint density at radius 2 is 1.94 bits per heavy atom. The van der Waals surface area contributed by atoms with Gasteiger partial charge in [0.15, 0.2) is 11.5 Å². The van der Waals surface area contributed by atoms with Crippen LogP contribution in [0, 0.1) is 10.1 Å². The number of nitrogens with one attached hydrogen (secondary N) is 1. The van der Waals surface area contributed by atoms with Crippen molar-refractivity contribution in [3.63, 3.8) is 0 Å². The van der Waals surface area contributed by atoms with E-state index < -0.39 is 40.6 Å². The molecule has 0 spiro atoms. The van der Waals surface area contributed by atoms with Crippen LogP contribution in [0.15, 0.2) is 42.5 Å². The molecule has 2 rings (SSSR count). The summed E-state index contributed by atoms with van der Waals surface area (Å²) in [6.45, 7) is -3.46. The largest absolute Gasteiger partial charge is 0.493 e. The molecule has 0 aliphatic heterocycles. The van der Waals surface area contributed by atoms with Gasteiger partial charge in [0.2, 0.25) is 5.91 Å². The number of alkyl halides is 5. The molecule has 12 heteroatoms. The number of hydrogen-bond acceptors (Lipinski definition) is 5. The topological polar surface area (TPSA) is 90.7 Å². The lowest BCUT2D eigenvalue weighted by Gasteiger charge is -2.11. The van der Waals surface area contributed by atoms with Gasteiger partial charge < -0.3 is 14.8 Å². The van der Waals surface area contributed by atoms with Crippen molar-refractivity contribution >= 4 is 17.7 Å². The lowest BCUT2D eigenvalue weighted by molar-refractivity contribution is -0.385. The molecule has 0 saturated carbocycles. The predicted molar refractivity (Wildman–Crippen MR) is 98.6 cm³/mol. The second-order valence-corrected chi connectivity index (χ2v) is 5.95. The third-order valence-electron chi connectivity index (χ3n) is 3.86. The number of halogens is 5. The summed E-state index contributed by atoms with van der Waals surface area (Å²) in [5, 5.41) is 13.6. The van der Waals surface area contributed by atoms with E-state index in [1.165, 1.54) is 12.1 Å². The molecule has 1 amide bonds. The van der Waals surface area contributed by atoms with Gasteiger partial charge in [0.05, 0.1) is 29.2 Å². The molecule has 2 aromatic carbocycles. The lowest BCUT2D eigenvalue weighted by atomic mass is 10.1. The Morgan fingerprint density at radius 1 is 1.23 bits per heavy atom. The molecule has 1 N–H and O–H groups in total. The van der Waals surface area contributed by atoms with Crippen LogP contribution in [0.25, 0.3) is 6.08 Å². The number of nitro benzene ring substituents is 1. The minimum atomic E-state index is -4.53. The molecular formula is C19H15F5N2O5. The standard InChI is InChI=1S/C19H15F5N2O5/c1-30-15-8-12(14(26(28)29)9-16(15)31-18(20)21)5-6-17(27)25-10-11-3-2-4-13(7-11)19(22,23)24/h2-9,18H,10H2,1H3,(H,25,27)/b6-5+. The first-order valence-corrected chi connectivity index (χ1v) is 8.44. The van der Waals surface area contributed by atoms with E-state index in [1.54, 1.807) is 0 Å². The minimum Gasteiger partial charge on any atom is -0.493 e. The zero-order valence-corrected chi connectivity index (χ0v) is 15.8. The van der Waals surface area contributed by atoms with Gasteiger partial charge in [0.1, 0.15) is 0 Å². The molecule has 166 valence electrons.